The number of carbonyl (C=O) groups excluding carboxylic acids is 3. The highest BCUT2D eigenvalue weighted by Gasteiger charge is 2.38. The topological polar surface area (TPSA) is 111 Å². The van der Waals surface area contributed by atoms with Gasteiger partial charge in [-0.2, -0.15) is 4.90 Å². The van der Waals surface area contributed by atoms with E-state index in [0.29, 0.717) is 25.9 Å². The van der Waals surface area contributed by atoms with Gasteiger partial charge in [-0.1, -0.05) is 30.3 Å². The van der Waals surface area contributed by atoms with Crippen LogP contribution in [0.4, 0.5) is 9.59 Å². The molecule has 0 radical (unpaired) electrons. The number of carbonyl (C=O) groups is 3. The molecule has 0 aliphatic rings. The highest BCUT2D eigenvalue weighted by Crippen LogP contribution is 2.18. The van der Waals surface area contributed by atoms with Gasteiger partial charge in [-0.3, -0.25) is 4.79 Å². The number of nitrogens with zero attached hydrogens (tertiary/aromatic N) is 1. The van der Waals surface area contributed by atoms with E-state index in [1.807, 2.05) is 18.2 Å². The van der Waals surface area contributed by atoms with E-state index in [1.165, 1.54) is 0 Å². The molecule has 29 heavy (non-hydrogen) atoms. The molecular formula is C21H33N3O5. The van der Waals surface area contributed by atoms with Gasteiger partial charge < -0.3 is 20.5 Å². The number of imide groups is 1. The van der Waals surface area contributed by atoms with Crippen LogP contribution in [0, 0.1) is 0 Å². The number of amides is 3. The van der Waals surface area contributed by atoms with E-state index >= 15 is 0 Å². The third-order valence-corrected chi connectivity index (χ3v) is 3.89. The standard InChI is InChI=1S/C21H33N3O5/c1-5-23-18(25)17(13-9-10-14-22)24(20(27)29-21(2,3)4)19(26)28-15-16-11-7-6-8-12-16/h6-8,11-12,17H,5,9-10,13-15,22H2,1-4H3,(H,23,25)/t17-/m1/s1. The highest BCUT2D eigenvalue weighted by atomic mass is 16.6. The van der Waals surface area contributed by atoms with Gasteiger partial charge in [0.2, 0.25) is 5.91 Å². The Bertz CT molecular complexity index is 658. The van der Waals surface area contributed by atoms with Crippen molar-refractivity contribution in [2.75, 3.05) is 13.1 Å². The Kier molecular flexibility index (Phi) is 10.2. The minimum Gasteiger partial charge on any atom is -0.444 e. The maximum atomic E-state index is 12.8. The van der Waals surface area contributed by atoms with Crippen LogP contribution >= 0.6 is 0 Å². The molecule has 0 saturated carbocycles. The third-order valence-electron chi connectivity index (χ3n) is 3.89. The predicted octanol–water partition coefficient (Wildman–Crippen LogP) is 3.19. The first kappa shape index (κ1) is 24.4. The molecule has 0 aromatic heterocycles. The second kappa shape index (κ2) is 12.1. The van der Waals surface area contributed by atoms with E-state index in [2.05, 4.69) is 5.32 Å². The molecule has 1 atom stereocenters. The van der Waals surface area contributed by atoms with Crippen LogP contribution in [0.25, 0.3) is 0 Å². The zero-order valence-corrected chi connectivity index (χ0v) is 17.8. The van der Waals surface area contributed by atoms with Crippen LogP contribution in [0.15, 0.2) is 30.3 Å². The minimum absolute atomic E-state index is 0.0239. The number of unbranched alkanes of at least 4 members (excludes halogenated alkanes) is 1. The monoisotopic (exact) mass is 407 g/mol. The Morgan fingerprint density at radius 2 is 1.76 bits per heavy atom. The van der Waals surface area contributed by atoms with E-state index < -0.39 is 29.7 Å². The molecule has 3 N–H and O–H groups in total. The first-order valence-electron chi connectivity index (χ1n) is 9.90. The Labute approximate surface area is 172 Å². The van der Waals surface area contributed by atoms with Gasteiger partial charge >= 0.3 is 12.2 Å². The van der Waals surface area contributed by atoms with Crippen LogP contribution in [0.3, 0.4) is 0 Å². The first-order chi connectivity index (χ1) is 13.7. The lowest BCUT2D eigenvalue weighted by Crippen LogP contribution is -2.53. The summed E-state index contributed by atoms with van der Waals surface area (Å²) in [5, 5.41) is 2.67. The quantitative estimate of drug-likeness (QED) is 0.608. The third kappa shape index (κ3) is 8.95. The summed E-state index contributed by atoms with van der Waals surface area (Å²) in [6.07, 6.45) is -0.338. The Morgan fingerprint density at radius 3 is 2.31 bits per heavy atom. The van der Waals surface area contributed by atoms with Crippen molar-refractivity contribution in [3.8, 4) is 0 Å². The number of hydrogen-bond donors (Lipinski definition) is 2. The van der Waals surface area contributed by atoms with Crippen LogP contribution in [0.1, 0.15) is 52.5 Å². The normalized spacial score (nSPS) is 12.0. The lowest BCUT2D eigenvalue weighted by atomic mass is 10.1. The van der Waals surface area contributed by atoms with Crippen LogP contribution < -0.4 is 11.1 Å². The average molecular weight is 408 g/mol. The number of hydrogen-bond acceptors (Lipinski definition) is 6. The molecule has 1 aromatic rings. The van der Waals surface area contributed by atoms with Crippen LogP contribution in [-0.4, -0.2) is 47.7 Å². The Balaban J connectivity index is 3.07. The highest BCUT2D eigenvalue weighted by molar-refractivity contribution is 5.95. The predicted molar refractivity (Wildman–Crippen MR) is 110 cm³/mol. The van der Waals surface area contributed by atoms with Gasteiger partial charge in [0.05, 0.1) is 0 Å². The van der Waals surface area contributed by atoms with E-state index in [0.717, 1.165) is 10.5 Å². The van der Waals surface area contributed by atoms with Gasteiger partial charge in [0.15, 0.2) is 0 Å². The maximum absolute atomic E-state index is 12.8. The van der Waals surface area contributed by atoms with E-state index in [-0.39, 0.29) is 13.0 Å². The zero-order chi connectivity index (χ0) is 21.9. The number of nitrogens with one attached hydrogen (secondary N) is 1. The van der Waals surface area contributed by atoms with Crippen LogP contribution in [-0.2, 0) is 20.9 Å². The zero-order valence-electron chi connectivity index (χ0n) is 17.8. The molecule has 1 rings (SSSR count). The van der Waals surface area contributed by atoms with Crippen LogP contribution in [0.5, 0.6) is 0 Å². The van der Waals surface area contributed by atoms with Gasteiger partial charge in [-0.05, 0) is 59.1 Å². The van der Waals surface area contributed by atoms with Gasteiger partial charge in [0, 0.05) is 6.54 Å². The first-order valence-corrected chi connectivity index (χ1v) is 9.90. The lowest BCUT2D eigenvalue weighted by molar-refractivity contribution is -0.126. The van der Waals surface area contributed by atoms with E-state index in [4.69, 9.17) is 15.2 Å². The van der Waals surface area contributed by atoms with Crippen molar-refractivity contribution in [2.45, 2.75) is 65.2 Å². The van der Waals surface area contributed by atoms with Gasteiger partial charge in [-0.15, -0.1) is 0 Å². The van der Waals surface area contributed by atoms with Gasteiger partial charge in [0.25, 0.3) is 0 Å². The molecule has 3 amide bonds. The summed E-state index contributed by atoms with van der Waals surface area (Å²) in [4.78, 5) is 39.0. The molecule has 0 saturated heterocycles. The van der Waals surface area contributed by atoms with Crippen molar-refractivity contribution in [3.05, 3.63) is 35.9 Å². The summed E-state index contributed by atoms with van der Waals surface area (Å²) in [6.45, 7) is 7.63. The summed E-state index contributed by atoms with van der Waals surface area (Å²) in [6, 6.07) is 8.04. The molecule has 0 aliphatic heterocycles. The number of ether oxygens (including phenoxy) is 2. The summed E-state index contributed by atoms with van der Waals surface area (Å²) in [7, 11) is 0. The molecule has 0 bridgehead atoms. The molecule has 0 heterocycles. The largest absolute Gasteiger partial charge is 0.444 e. The van der Waals surface area contributed by atoms with Crippen molar-refractivity contribution in [2.24, 2.45) is 5.73 Å². The fraction of sp³-hybridized carbons (Fsp3) is 0.571. The molecule has 8 heteroatoms. The SMILES string of the molecule is CCNC(=O)[C@@H](CCCCN)N(C(=O)OCc1ccccc1)C(=O)OC(C)(C)C. The smallest absolute Gasteiger partial charge is 0.420 e. The minimum atomic E-state index is -1.04. The lowest BCUT2D eigenvalue weighted by Gasteiger charge is -2.30. The maximum Gasteiger partial charge on any atom is 0.420 e. The fourth-order valence-corrected chi connectivity index (χ4v) is 2.58. The van der Waals surface area contributed by atoms with Gasteiger partial charge in [-0.25, -0.2) is 9.59 Å². The van der Waals surface area contributed by atoms with E-state index in [9.17, 15) is 14.4 Å². The molecule has 0 unspecified atom stereocenters. The second-order valence-electron chi connectivity index (χ2n) is 7.59. The van der Waals surface area contributed by atoms with Crippen LogP contribution in [0.2, 0.25) is 0 Å². The Morgan fingerprint density at radius 1 is 1.10 bits per heavy atom. The molecule has 162 valence electrons. The molecule has 8 nitrogen and oxygen atoms in total. The molecular weight excluding hydrogens is 374 g/mol. The Hall–Kier alpha value is -2.61. The number of nitrogens with two attached hydrogens (primary N) is 1. The fourth-order valence-electron chi connectivity index (χ4n) is 2.58. The number of likely N-dealkylation sites (N-methyl/N-ethyl adjacent to an activating group) is 1. The average Bonchev–Trinajstić information content (AvgIpc) is 2.65. The van der Waals surface area contributed by atoms with Gasteiger partial charge in [0.1, 0.15) is 18.2 Å². The van der Waals surface area contributed by atoms with E-state index in [1.54, 1.807) is 39.8 Å². The molecule has 0 spiro atoms. The van der Waals surface area contributed by atoms with Crippen molar-refractivity contribution < 1.29 is 23.9 Å². The summed E-state index contributed by atoms with van der Waals surface area (Å²) >= 11 is 0. The molecule has 0 aliphatic carbocycles. The number of rotatable bonds is 9. The molecule has 0 fully saturated rings. The number of benzene rings is 1. The van der Waals surface area contributed by atoms with Crippen molar-refractivity contribution in [1.29, 1.82) is 0 Å². The van der Waals surface area contributed by atoms with Crippen molar-refractivity contribution >= 4 is 18.1 Å². The summed E-state index contributed by atoms with van der Waals surface area (Å²) in [5.41, 5.74) is 5.47. The van der Waals surface area contributed by atoms with Crippen molar-refractivity contribution in [1.82, 2.24) is 10.2 Å². The van der Waals surface area contributed by atoms with Crippen molar-refractivity contribution in [3.63, 3.8) is 0 Å². The molecule has 1 aromatic carbocycles. The summed E-state index contributed by atoms with van der Waals surface area (Å²) < 4.78 is 10.7. The summed E-state index contributed by atoms with van der Waals surface area (Å²) in [5.74, 6) is -0.438. The second-order valence-corrected chi connectivity index (χ2v) is 7.59.